The molecule has 1 atom stereocenters. The minimum atomic E-state index is -0.557. The molecule has 5 nitrogen and oxygen atoms in total. The van der Waals surface area contributed by atoms with Gasteiger partial charge in [-0.1, -0.05) is 18.2 Å². The second kappa shape index (κ2) is 10.3. The zero-order valence-electron chi connectivity index (χ0n) is 13.7. The van der Waals surface area contributed by atoms with Gasteiger partial charge in [-0.15, -0.1) is 0 Å². The van der Waals surface area contributed by atoms with Crippen LogP contribution in [0.5, 0.6) is 0 Å². The van der Waals surface area contributed by atoms with Crippen LogP contribution >= 0.6 is 0 Å². The zero-order chi connectivity index (χ0) is 16.4. The number of nitriles is 1. The average molecular weight is 306 g/mol. The van der Waals surface area contributed by atoms with Crippen LogP contribution in [0, 0.1) is 11.3 Å². The fraction of sp³-hybridized carbons (Fsp3) is 0.588. The Hall–Kier alpha value is -1.45. The first kappa shape index (κ1) is 18.6. The SMILES string of the molecule is CC(C)OCCOC[C@H](O)CN(C)Cc1ccccc1C#N. The Morgan fingerprint density at radius 2 is 2.00 bits per heavy atom. The molecule has 0 aromatic heterocycles. The summed E-state index contributed by atoms with van der Waals surface area (Å²) in [6, 6.07) is 9.68. The molecule has 0 amide bonds. The number of hydrogen-bond acceptors (Lipinski definition) is 5. The summed E-state index contributed by atoms with van der Waals surface area (Å²) in [5, 5.41) is 19.0. The van der Waals surface area contributed by atoms with E-state index in [0.29, 0.717) is 31.9 Å². The van der Waals surface area contributed by atoms with E-state index >= 15 is 0 Å². The number of hydrogen-bond donors (Lipinski definition) is 1. The minimum Gasteiger partial charge on any atom is -0.389 e. The van der Waals surface area contributed by atoms with E-state index in [1.807, 2.05) is 44.0 Å². The quantitative estimate of drug-likeness (QED) is 0.668. The van der Waals surface area contributed by atoms with Crippen LogP contribution < -0.4 is 0 Å². The largest absolute Gasteiger partial charge is 0.389 e. The summed E-state index contributed by atoms with van der Waals surface area (Å²) in [5.41, 5.74) is 1.64. The third kappa shape index (κ3) is 7.53. The smallest absolute Gasteiger partial charge is 0.0995 e. The monoisotopic (exact) mass is 306 g/mol. The van der Waals surface area contributed by atoms with Gasteiger partial charge in [-0.05, 0) is 32.5 Å². The minimum absolute atomic E-state index is 0.194. The van der Waals surface area contributed by atoms with Crippen molar-refractivity contribution in [3.8, 4) is 6.07 Å². The normalized spacial score (nSPS) is 12.6. The Balaban J connectivity index is 2.26. The van der Waals surface area contributed by atoms with Gasteiger partial charge in [0.2, 0.25) is 0 Å². The van der Waals surface area contributed by atoms with Crippen LogP contribution in [0.2, 0.25) is 0 Å². The predicted octanol–water partition coefficient (Wildman–Crippen LogP) is 1.79. The van der Waals surface area contributed by atoms with Gasteiger partial charge >= 0.3 is 0 Å². The summed E-state index contributed by atoms with van der Waals surface area (Å²) in [4.78, 5) is 1.98. The van der Waals surface area contributed by atoms with E-state index in [2.05, 4.69) is 6.07 Å². The highest BCUT2D eigenvalue weighted by molar-refractivity contribution is 5.37. The molecule has 0 aliphatic carbocycles. The Kier molecular flexibility index (Phi) is 8.71. The molecule has 0 saturated carbocycles. The molecule has 0 aliphatic rings. The topological polar surface area (TPSA) is 65.7 Å². The number of nitrogens with zero attached hydrogens (tertiary/aromatic N) is 2. The van der Waals surface area contributed by atoms with Crippen LogP contribution in [0.3, 0.4) is 0 Å². The summed E-state index contributed by atoms with van der Waals surface area (Å²) in [6.07, 6.45) is -0.363. The van der Waals surface area contributed by atoms with Crippen molar-refractivity contribution < 1.29 is 14.6 Å². The highest BCUT2D eigenvalue weighted by atomic mass is 16.5. The molecule has 1 rings (SSSR count). The fourth-order valence-corrected chi connectivity index (χ4v) is 2.10. The first-order chi connectivity index (χ1) is 10.5. The van der Waals surface area contributed by atoms with E-state index in [4.69, 9.17) is 14.7 Å². The summed E-state index contributed by atoms with van der Waals surface area (Å²) in [7, 11) is 1.92. The van der Waals surface area contributed by atoms with Gasteiger partial charge in [-0.2, -0.15) is 5.26 Å². The molecule has 1 aromatic rings. The van der Waals surface area contributed by atoms with E-state index < -0.39 is 6.10 Å². The Labute approximate surface area is 133 Å². The van der Waals surface area contributed by atoms with Crippen molar-refractivity contribution in [3.05, 3.63) is 35.4 Å². The Morgan fingerprint density at radius 1 is 1.27 bits per heavy atom. The first-order valence-corrected chi connectivity index (χ1v) is 7.57. The van der Waals surface area contributed by atoms with Crippen LogP contribution in [0.15, 0.2) is 24.3 Å². The first-order valence-electron chi connectivity index (χ1n) is 7.57. The summed E-state index contributed by atoms with van der Waals surface area (Å²) in [6.45, 7) is 6.37. The maximum atomic E-state index is 9.96. The van der Waals surface area contributed by atoms with Crippen LogP contribution in [0.4, 0.5) is 0 Å². The molecule has 0 radical (unpaired) electrons. The van der Waals surface area contributed by atoms with Crippen molar-refractivity contribution in [2.45, 2.75) is 32.6 Å². The molecule has 0 fully saturated rings. The van der Waals surface area contributed by atoms with Gasteiger partial charge in [0.05, 0.1) is 43.7 Å². The van der Waals surface area contributed by atoms with Crippen LogP contribution in [-0.4, -0.2) is 55.6 Å². The molecule has 0 bridgehead atoms. The summed E-state index contributed by atoms with van der Waals surface area (Å²) in [5.74, 6) is 0. The summed E-state index contributed by atoms with van der Waals surface area (Å²) < 4.78 is 10.7. The average Bonchev–Trinajstić information content (AvgIpc) is 2.47. The Bertz CT molecular complexity index is 471. The van der Waals surface area contributed by atoms with Gasteiger partial charge in [0, 0.05) is 13.1 Å². The van der Waals surface area contributed by atoms with E-state index in [9.17, 15) is 5.11 Å². The number of likely N-dealkylation sites (N-methyl/N-ethyl adjacent to an activating group) is 1. The number of benzene rings is 1. The zero-order valence-corrected chi connectivity index (χ0v) is 13.7. The molecule has 5 heteroatoms. The third-order valence-corrected chi connectivity index (χ3v) is 3.09. The lowest BCUT2D eigenvalue weighted by atomic mass is 10.1. The van der Waals surface area contributed by atoms with Crippen molar-refractivity contribution in [2.75, 3.05) is 33.4 Å². The van der Waals surface area contributed by atoms with Gasteiger partial charge in [-0.3, -0.25) is 4.90 Å². The van der Waals surface area contributed by atoms with Gasteiger partial charge in [0.25, 0.3) is 0 Å². The van der Waals surface area contributed by atoms with Gasteiger partial charge in [0.15, 0.2) is 0 Å². The second-order valence-corrected chi connectivity index (χ2v) is 5.61. The lowest BCUT2D eigenvalue weighted by molar-refractivity contribution is -0.0174. The van der Waals surface area contributed by atoms with E-state index in [1.165, 1.54) is 0 Å². The molecule has 22 heavy (non-hydrogen) atoms. The van der Waals surface area contributed by atoms with Crippen molar-refractivity contribution in [1.82, 2.24) is 4.90 Å². The molecule has 0 unspecified atom stereocenters. The van der Waals surface area contributed by atoms with Gasteiger partial charge in [0.1, 0.15) is 0 Å². The fourth-order valence-electron chi connectivity index (χ4n) is 2.10. The molecular weight excluding hydrogens is 280 g/mol. The van der Waals surface area contributed by atoms with Crippen LogP contribution in [0.1, 0.15) is 25.0 Å². The van der Waals surface area contributed by atoms with E-state index in [0.717, 1.165) is 5.56 Å². The molecule has 1 aromatic carbocycles. The molecule has 1 N–H and O–H groups in total. The predicted molar refractivity (Wildman–Crippen MR) is 85.4 cm³/mol. The van der Waals surface area contributed by atoms with Crippen molar-refractivity contribution in [2.24, 2.45) is 0 Å². The summed E-state index contributed by atoms with van der Waals surface area (Å²) >= 11 is 0. The van der Waals surface area contributed by atoms with Crippen LogP contribution in [-0.2, 0) is 16.0 Å². The van der Waals surface area contributed by atoms with Gasteiger partial charge < -0.3 is 14.6 Å². The maximum Gasteiger partial charge on any atom is 0.0995 e. The third-order valence-electron chi connectivity index (χ3n) is 3.09. The number of aliphatic hydroxyl groups excluding tert-OH is 1. The molecule has 0 saturated heterocycles. The maximum absolute atomic E-state index is 9.96. The number of ether oxygens (including phenoxy) is 2. The lowest BCUT2D eigenvalue weighted by Gasteiger charge is -2.21. The lowest BCUT2D eigenvalue weighted by Crippen LogP contribution is -2.32. The molecule has 0 spiro atoms. The van der Waals surface area contributed by atoms with Crippen molar-refractivity contribution in [3.63, 3.8) is 0 Å². The standard InChI is InChI=1S/C17H26N2O3/c1-14(2)22-9-8-21-13-17(20)12-19(3)11-16-7-5-4-6-15(16)10-18/h4-7,14,17,20H,8-9,11-13H2,1-3H3/t17-/m1/s1. The highest BCUT2D eigenvalue weighted by Crippen LogP contribution is 2.10. The van der Waals surface area contributed by atoms with E-state index in [1.54, 1.807) is 6.07 Å². The number of rotatable bonds is 10. The number of aliphatic hydroxyl groups is 1. The second-order valence-electron chi connectivity index (χ2n) is 5.61. The molecule has 0 aliphatic heterocycles. The van der Waals surface area contributed by atoms with Gasteiger partial charge in [-0.25, -0.2) is 0 Å². The van der Waals surface area contributed by atoms with Crippen molar-refractivity contribution in [1.29, 1.82) is 5.26 Å². The van der Waals surface area contributed by atoms with E-state index in [-0.39, 0.29) is 12.7 Å². The highest BCUT2D eigenvalue weighted by Gasteiger charge is 2.10. The molecular formula is C17H26N2O3. The van der Waals surface area contributed by atoms with Crippen molar-refractivity contribution >= 4 is 0 Å². The van der Waals surface area contributed by atoms with Crippen LogP contribution in [0.25, 0.3) is 0 Å². The molecule has 122 valence electrons. The Morgan fingerprint density at radius 3 is 2.68 bits per heavy atom. The molecule has 0 heterocycles.